The molecule has 1 unspecified atom stereocenters. The standard InChI is InChI=1S/C27H31ClN4O4/c1-2-36-27(34)32-10-8-21-22-17-20(28)6-7-23(22)30-24(21)25(32)18-4-3-5-19(16-18)26(33)29-9-11-31-12-14-35-15-13-31/h3-7,16-17,25,30H,2,8-15H2,1H3,(H,29,33). The van der Waals surface area contributed by atoms with Crippen LogP contribution in [0.25, 0.3) is 10.9 Å². The maximum atomic E-state index is 13.0. The fraction of sp³-hybridized carbons (Fsp3) is 0.407. The lowest BCUT2D eigenvalue weighted by atomic mass is 9.92. The minimum atomic E-state index is -0.403. The van der Waals surface area contributed by atoms with Crippen LogP contribution in [0.2, 0.25) is 5.02 Å². The third kappa shape index (κ3) is 5.07. The van der Waals surface area contributed by atoms with E-state index in [1.54, 1.807) is 17.9 Å². The lowest BCUT2D eigenvalue weighted by Gasteiger charge is -2.35. The predicted molar refractivity (Wildman–Crippen MR) is 139 cm³/mol. The van der Waals surface area contributed by atoms with Gasteiger partial charge in [-0.3, -0.25) is 14.6 Å². The van der Waals surface area contributed by atoms with Crippen molar-refractivity contribution in [3.63, 3.8) is 0 Å². The lowest BCUT2D eigenvalue weighted by molar-refractivity contribution is 0.0383. The molecule has 0 saturated carbocycles. The number of nitrogens with one attached hydrogen (secondary N) is 2. The van der Waals surface area contributed by atoms with E-state index in [-0.39, 0.29) is 12.0 Å². The summed E-state index contributed by atoms with van der Waals surface area (Å²) in [5.74, 6) is -0.132. The average molecular weight is 511 g/mol. The Morgan fingerprint density at radius 2 is 2.00 bits per heavy atom. The van der Waals surface area contributed by atoms with E-state index in [9.17, 15) is 9.59 Å². The molecule has 0 spiro atoms. The third-order valence-electron chi connectivity index (χ3n) is 6.87. The first-order valence-corrected chi connectivity index (χ1v) is 12.8. The number of carbonyl (C=O) groups excluding carboxylic acids is 2. The Kier molecular flexibility index (Phi) is 7.46. The van der Waals surface area contributed by atoms with Gasteiger partial charge in [-0.25, -0.2) is 4.79 Å². The van der Waals surface area contributed by atoms with E-state index in [1.807, 2.05) is 36.4 Å². The van der Waals surface area contributed by atoms with Crippen molar-refractivity contribution in [3.05, 3.63) is 69.9 Å². The molecule has 3 heterocycles. The number of rotatable bonds is 6. The molecule has 2 N–H and O–H groups in total. The second kappa shape index (κ2) is 10.9. The van der Waals surface area contributed by atoms with Crippen molar-refractivity contribution in [3.8, 4) is 0 Å². The largest absolute Gasteiger partial charge is 0.450 e. The Labute approximate surface area is 215 Å². The van der Waals surface area contributed by atoms with Gasteiger partial charge in [-0.2, -0.15) is 0 Å². The molecule has 0 radical (unpaired) electrons. The first-order chi connectivity index (χ1) is 17.5. The van der Waals surface area contributed by atoms with E-state index in [0.717, 1.165) is 60.6 Å². The molecule has 1 atom stereocenters. The first kappa shape index (κ1) is 24.6. The van der Waals surface area contributed by atoms with Gasteiger partial charge in [-0.1, -0.05) is 23.7 Å². The van der Waals surface area contributed by atoms with Crippen LogP contribution in [-0.2, 0) is 15.9 Å². The van der Waals surface area contributed by atoms with Crippen LogP contribution >= 0.6 is 11.6 Å². The Morgan fingerprint density at radius 1 is 1.17 bits per heavy atom. The van der Waals surface area contributed by atoms with Gasteiger partial charge in [0.05, 0.1) is 19.8 Å². The summed E-state index contributed by atoms with van der Waals surface area (Å²) in [4.78, 5) is 33.5. The number of ether oxygens (including phenoxy) is 2. The van der Waals surface area contributed by atoms with Gasteiger partial charge in [-0.05, 0) is 54.8 Å². The minimum Gasteiger partial charge on any atom is -0.450 e. The van der Waals surface area contributed by atoms with Crippen molar-refractivity contribution in [2.45, 2.75) is 19.4 Å². The van der Waals surface area contributed by atoms with E-state index in [4.69, 9.17) is 21.1 Å². The molecule has 1 fully saturated rings. The van der Waals surface area contributed by atoms with E-state index in [2.05, 4.69) is 15.2 Å². The van der Waals surface area contributed by atoms with Gasteiger partial charge >= 0.3 is 6.09 Å². The summed E-state index contributed by atoms with van der Waals surface area (Å²) >= 11 is 6.29. The normalized spacial score (nSPS) is 18.2. The van der Waals surface area contributed by atoms with Gasteiger partial charge < -0.3 is 19.8 Å². The summed E-state index contributed by atoms with van der Waals surface area (Å²) in [5, 5.41) is 4.76. The van der Waals surface area contributed by atoms with Crippen LogP contribution < -0.4 is 5.32 Å². The Morgan fingerprint density at radius 3 is 2.81 bits per heavy atom. The van der Waals surface area contributed by atoms with Crippen molar-refractivity contribution in [2.24, 2.45) is 0 Å². The topological polar surface area (TPSA) is 86.9 Å². The molecule has 2 aliphatic rings. The van der Waals surface area contributed by atoms with Gasteiger partial charge in [0.25, 0.3) is 5.91 Å². The predicted octanol–water partition coefficient (Wildman–Crippen LogP) is 3.99. The van der Waals surface area contributed by atoms with Crippen LogP contribution in [0, 0.1) is 0 Å². The van der Waals surface area contributed by atoms with Crippen LogP contribution in [-0.4, -0.2) is 79.3 Å². The molecule has 2 aromatic carbocycles. The number of nitrogens with zero attached hydrogens (tertiary/aromatic N) is 2. The van der Waals surface area contributed by atoms with Crippen molar-refractivity contribution in [2.75, 3.05) is 52.5 Å². The molecule has 0 aliphatic carbocycles. The van der Waals surface area contributed by atoms with Crippen LogP contribution in [0.3, 0.4) is 0 Å². The third-order valence-corrected chi connectivity index (χ3v) is 7.11. The number of hydrogen-bond acceptors (Lipinski definition) is 5. The van der Waals surface area contributed by atoms with Crippen LogP contribution in [0.5, 0.6) is 0 Å². The monoisotopic (exact) mass is 510 g/mol. The maximum Gasteiger partial charge on any atom is 0.410 e. The molecule has 3 aromatic rings. The van der Waals surface area contributed by atoms with E-state index in [1.165, 1.54) is 0 Å². The number of H-pyrrole nitrogens is 1. The van der Waals surface area contributed by atoms with Crippen molar-refractivity contribution in [1.82, 2.24) is 20.1 Å². The second-order valence-corrected chi connectivity index (χ2v) is 9.52. The van der Waals surface area contributed by atoms with Crippen LogP contribution in [0.4, 0.5) is 4.79 Å². The SMILES string of the molecule is CCOC(=O)N1CCc2c([nH]c3ccc(Cl)cc23)C1c1cccc(C(=O)NCCN2CCOCC2)c1. The van der Waals surface area contributed by atoms with Gasteiger partial charge in [-0.15, -0.1) is 0 Å². The van der Waals surface area contributed by atoms with Gasteiger partial charge in [0, 0.05) is 59.9 Å². The number of hydrogen-bond donors (Lipinski definition) is 2. The van der Waals surface area contributed by atoms with Gasteiger partial charge in [0.15, 0.2) is 0 Å². The molecular weight excluding hydrogens is 480 g/mol. The number of aromatic amines is 1. The summed E-state index contributed by atoms with van der Waals surface area (Å²) in [6, 6.07) is 12.9. The maximum absolute atomic E-state index is 13.0. The molecule has 190 valence electrons. The molecule has 5 rings (SSSR count). The number of fused-ring (bicyclic) bond motifs is 3. The highest BCUT2D eigenvalue weighted by atomic mass is 35.5. The summed E-state index contributed by atoms with van der Waals surface area (Å²) in [7, 11) is 0. The van der Waals surface area contributed by atoms with Gasteiger partial charge in [0.1, 0.15) is 6.04 Å². The number of benzene rings is 2. The zero-order valence-electron chi connectivity index (χ0n) is 20.4. The second-order valence-electron chi connectivity index (χ2n) is 9.09. The lowest BCUT2D eigenvalue weighted by Crippen LogP contribution is -2.41. The fourth-order valence-corrected chi connectivity index (χ4v) is 5.29. The number of halogens is 1. The quantitative estimate of drug-likeness (QED) is 0.523. The highest BCUT2D eigenvalue weighted by Gasteiger charge is 2.35. The molecule has 36 heavy (non-hydrogen) atoms. The highest BCUT2D eigenvalue weighted by molar-refractivity contribution is 6.31. The van der Waals surface area contributed by atoms with Crippen molar-refractivity contribution in [1.29, 1.82) is 0 Å². The van der Waals surface area contributed by atoms with E-state index < -0.39 is 6.04 Å². The van der Waals surface area contributed by atoms with Gasteiger partial charge in [0.2, 0.25) is 0 Å². The number of carbonyl (C=O) groups is 2. The minimum absolute atomic E-state index is 0.132. The molecule has 1 saturated heterocycles. The highest BCUT2D eigenvalue weighted by Crippen LogP contribution is 2.39. The molecule has 2 aliphatic heterocycles. The summed E-state index contributed by atoms with van der Waals surface area (Å²) in [6.07, 6.45) is 0.317. The van der Waals surface area contributed by atoms with Crippen LogP contribution in [0.15, 0.2) is 42.5 Å². The first-order valence-electron chi connectivity index (χ1n) is 12.5. The molecule has 1 aromatic heterocycles. The zero-order valence-corrected chi connectivity index (χ0v) is 21.1. The number of aromatic nitrogens is 1. The Balaban J connectivity index is 1.42. The fourth-order valence-electron chi connectivity index (χ4n) is 5.11. The Hall–Kier alpha value is -3.07. The molecule has 2 amide bonds. The molecule has 0 bridgehead atoms. The van der Waals surface area contributed by atoms with E-state index >= 15 is 0 Å². The molecular formula is C27H31ClN4O4. The van der Waals surface area contributed by atoms with E-state index in [0.29, 0.717) is 36.7 Å². The molecule has 8 nitrogen and oxygen atoms in total. The summed E-state index contributed by atoms with van der Waals surface area (Å²) in [5.41, 5.74) is 4.44. The average Bonchev–Trinajstić information content (AvgIpc) is 3.26. The van der Waals surface area contributed by atoms with Crippen molar-refractivity contribution >= 4 is 34.5 Å². The Bertz CT molecular complexity index is 1250. The smallest absolute Gasteiger partial charge is 0.410 e. The number of morpholine rings is 1. The summed E-state index contributed by atoms with van der Waals surface area (Å²) < 4.78 is 10.8. The van der Waals surface area contributed by atoms with Crippen molar-refractivity contribution < 1.29 is 19.1 Å². The zero-order chi connectivity index (χ0) is 25.1. The number of amides is 2. The van der Waals surface area contributed by atoms with Crippen LogP contribution in [0.1, 0.15) is 40.1 Å². The molecule has 9 heteroatoms. The summed E-state index contributed by atoms with van der Waals surface area (Å²) in [6.45, 7) is 7.18.